The fourth-order valence-corrected chi connectivity index (χ4v) is 4.51. The molecule has 0 radical (unpaired) electrons. The van der Waals surface area contributed by atoms with Crippen molar-refractivity contribution >= 4 is 5.82 Å². The van der Waals surface area contributed by atoms with Crippen molar-refractivity contribution in [2.24, 2.45) is 5.41 Å². The van der Waals surface area contributed by atoms with Crippen LogP contribution in [0.3, 0.4) is 0 Å². The maximum atomic E-state index is 13.1. The Balaban J connectivity index is 1.67. The van der Waals surface area contributed by atoms with E-state index in [1.54, 1.807) is 0 Å². The van der Waals surface area contributed by atoms with E-state index in [1.807, 2.05) is 25.3 Å². The summed E-state index contributed by atoms with van der Waals surface area (Å²) in [6.45, 7) is 17.6. The third kappa shape index (κ3) is 6.24. The Bertz CT molecular complexity index is 902. The molecule has 0 N–H and O–H groups in total. The maximum absolute atomic E-state index is 13.1. The Morgan fingerprint density at radius 1 is 1.31 bits per heavy atom. The number of rotatable bonds is 7. The van der Waals surface area contributed by atoms with Crippen LogP contribution in [0.5, 0.6) is 0 Å². The number of halogens is 1. The molecule has 3 rings (SSSR count). The van der Waals surface area contributed by atoms with Gasteiger partial charge in [-0.1, -0.05) is 45.6 Å². The molecule has 1 aromatic heterocycles. The molecular formula is C25H35FN6. The van der Waals surface area contributed by atoms with E-state index in [-0.39, 0.29) is 17.3 Å². The molecule has 0 spiro atoms. The van der Waals surface area contributed by atoms with E-state index >= 15 is 0 Å². The molecule has 0 bridgehead atoms. The quantitative estimate of drug-likeness (QED) is 0.478. The Labute approximate surface area is 191 Å². The number of hydrogen-bond donors (Lipinski definition) is 0. The maximum Gasteiger partial charge on any atom is 0.234 e. The van der Waals surface area contributed by atoms with Crippen molar-refractivity contribution < 1.29 is 4.39 Å². The third-order valence-electron chi connectivity index (χ3n) is 5.92. The Morgan fingerprint density at radius 3 is 2.62 bits per heavy atom. The van der Waals surface area contributed by atoms with E-state index in [9.17, 15) is 9.65 Å². The number of aromatic nitrogens is 2. The lowest BCUT2D eigenvalue weighted by Gasteiger charge is -2.40. The molecule has 1 fully saturated rings. The summed E-state index contributed by atoms with van der Waals surface area (Å²) < 4.78 is 13.1. The van der Waals surface area contributed by atoms with Crippen LogP contribution in [0.25, 0.3) is 0 Å². The van der Waals surface area contributed by atoms with Gasteiger partial charge in [0.25, 0.3) is 0 Å². The molecule has 1 saturated heterocycles. The van der Waals surface area contributed by atoms with Crippen LogP contribution in [0.1, 0.15) is 39.1 Å². The van der Waals surface area contributed by atoms with E-state index in [4.69, 9.17) is 0 Å². The van der Waals surface area contributed by atoms with Gasteiger partial charge in [0.05, 0.1) is 0 Å². The molecule has 2 atom stereocenters. The van der Waals surface area contributed by atoms with Crippen LogP contribution in [-0.4, -0.2) is 71.1 Å². The minimum atomic E-state index is -0.416. The van der Waals surface area contributed by atoms with E-state index in [0.717, 1.165) is 57.1 Å². The molecule has 172 valence electrons. The first kappa shape index (κ1) is 24.1. The van der Waals surface area contributed by atoms with Crippen molar-refractivity contribution in [2.75, 3.05) is 44.2 Å². The first-order chi connectivity index (χ1) is 15.2. The normalized spacial score (nSPS) is 21.2. The van der Waals surface area contributed by atoms with Crippen molar-refractivity contribution in [3.63, 3.8) is 0 Å². The van der Waals surface area contributed by atoms with Gasteiger partial charge in [-0.25, -0.2) is 14.4 Å². The standard InChI is InChI=1S/C25H35FN6/c1-6-7-21(9-8-19(2)26)31-12-10-30(11-13-31)17-22-14-20-16-28-23(15-27)29-24(20)32(22)18-25(3,4)5/h6-9,16,21-22H,2,10-14,17-18H2,1,3-5H3/b7-6?,9-8-. The van der Waals surface area contributed by atoms with Crippen LogP contribution < -0.4 is 4.90 Å². The highest BCUT2D eigenvalue weighted by atomic mass is 19.1. The predicted octanol–water partition coefficient (Wildman–Crippen LogP) is 3.73. The first-order valence-electron chi connectivity index (χ1n) is 11.3. The lowest BCUT2D eigenvalue weighted by molar-refractivity contribution is 0.119. The van der Waals surface area contributed by atoms with E-state index in [1.165, 1.54) is 6.08 Å². The van der Waals surface area contributed by atoms with Gasteiger partial charge < -0.3 is 4.90 Å². The van der Waals surface area contributed by atoms with E-state index in [0.29, 0.717) is 6.04 Å². The molecule has 3 heterocycles. The molecule has 0 amide bonds. The monoisotopic (exact) mass is 438 g/mol. The molecule has 2 aliphatic rings. The second-order valence-corrected chi connectivity index (χ2v) is 9.86. The predicted molar refractivity (Wildman–Crippen MR) is 127 cm³/mol. The smallest absolute Gasteiger partial charge is 0.234 e. The van der Waals surface area contributed by atoms with Crippen molar-refractivity contribution in [1.82, 2.24) is 19.8 Å². The van der Waals surface area contributed by atoms with Gasteiger partial charge >= 0.3 is 0 Å². The number of fused-ring (bicyclic) bond motifs is 1. The van der Waals surface area contributed by atoms with Gasteiger partial charge in [-0.2, -0.15) is 5.26 Å². The van der Waals surface area contributed by atoms with Gasteiger partial charge in [-0.15, -0.1) is 0 Å². The summed E-state index contributed by atoms with van der Waals surface area (Å²) in [4.78, 5) is 16.0. The minimum absolute atomic E-state index is 0.0856. The summed E-state index contributed by atoms with van der Waals surface area (Å²) in [7, 11) is 0. The summed E-state index contributed by atoms with van der Waals surface area (Å²) in [6.07, 6.45) is 10.2. The molecule has 7 heteroatoms. The lowest BCUT2D eigenvalue weighted by atomic mass is 9.95. The molecule has 6 nitrogen and oxygen atoms in total. The van der Waals surface area contributed by atoms with Crippen LogP contribution in [0, 0.1) is 16.7 Å². The first-order valence-corrected chi connectivity index (χ1v) is 11.3. The zero-order valence-corrected chi connectivity index (χ0v) is 19.8. The van der Waals surface area contributed by atoms with Crippen molar-refractivity contribution in [3.8, 4) is 6.07 Å². The number of piperazine rings is 1. The molecule has 1 aromatic rings. The van der Waals surface area contributed by atoms with Gasteiger partial charge in [0.1, 0.15) is 17.7 Å². The Kier molecular flexibility index (Phi) is 7.81. The average molecular weight is 439 g/mol. The summed E-state index contributed by atoms with van der Waals surface area (Å²) in [5.41, 5.74) is 1.24. The summed E-state index contributed by atoms with van der Waals surface area (Å²) in [5, 5.41) is 9.25. The molecule has 0 aliphatic carbocycles. The molecule has 0 saturated carbocycles. The topological polar surface area (TPSA) is 59.3 Å². The second kappa shape index (κ2) is 10.4. The van der Waals surface area contributed by atoms with Gasteiger partial charge in [0.15, 0.2) is 0 Å². The minimum Gasteiger partial charge on any atom is -0.351 e. The van der Waals surface area contributed by atoms with Crippen molar-refractivity contribution in [1.29, 1.82) is 5.26 Å². The Hall–Kier alpha value is -2.56. The average Bonchev–Trinajstić information content (AvgIpc) is 3.06. The number of allylic oxidation sites excluding steroid dienone is 3. The third-order valence-corrected chi connectivity index (χ3v) is 5.92. The number of nitrogens with zero attached hydrogens (tertiary/aromatic N) is 6. The van der Waals surface area contributed by atoms with Crippen LogP contribution in [0.2, 0.25) is 0 Å². The van der Waals surface area contributed by atoms with Gasteiger partial charge in [0, 0.05) is 63.1 Å². The zero-order valence-electron chi connectivity index (χ0n) is 19.8. The lowest BCUT2D eigenvalue weighted by Crippen LogP contribution is -2.53. The molecule has 2 aliphatic heterocycles. The van der Waals surface area contributed by atoms with E-state index in [2.05, 4.69) is 64.2 Å². The van der Waals surface area contributed by atoms with Crippen LogP contribution in [0.15, 0.2) is 42.9 Å². The SMILES string of the molecule is C=C(F)/C=C\C(C=CC)N1CCN(CC2Cc3cnc(C#N)nc3N2CC(C)(C)C)CC1. The summed E-state index contributed by atoms with van der Waals surface area (Å²) >= 11 is 0. The van der Waals surface area contributed by atoms with E-state index < -0.39 is 5.83 Å². The van der Waals surface area contributed by atoms with Crippen molar-refractivity contribution in [3.05, 3.63) is 54.3 Å². The highest BCUT2D eigenvalue weighted by Gasteiger charge is 2.35. The van der Waals surface area contributed by atoms with Gasteiger partial charge in [-0.3, -0.25) is 9.80 Å². The molecule has 2 unspecified atom stereocenters. The van der Waals surface area contributed by atoms with Gasteiger partial charge in [-0.05, 0) is 24.8 Å². The summed E-state index contributed by atoms with van der Waals surface area (Å²) in [5.74, 6) is 0.733. The fourth-order valence-electron chi connectivity index (χ4n) is 4.51. The number of anilines is 1. The molecular weight excluding hydrogens is 403 g/mol. The van der Waals surface area contributed by atoms with Gasteiger partial charge in [0.2, 0.25) is 5.82 Å². The molecule has 32 heavy (non-hydrogen) atoms. The van der Waals surface area contributed by atoms with Crippen molar-refractivity contribution in [2.45, 2.75) is 46.2 Å². The number of nitriles is 1. The van der Waals surface area contributed by atoms with Crippen LogP contribution in [-0.2, 0) is 6.42 Å². The number of hydrogen-bond acceptors (Lipinski definition) is 6. The summed E-state index contributed by atoms with van der Waals surface area (Å²) in [6, 6.07) is 2.48. The second-order valence-electron chi connectivity index (χ2n) is 9.86. The van der Waals surface area contributed by atoms with Crippen LogP contribution in [0.4, 0.5) is 10.2 Å². The molecule has 0 aromatic carbocycles. The highest BCUT2D eigenvalue weighted by Crippen LogP contribution is 2.33. The Morgan fingerprint density at radius 2 is 2.03 bits per heavy atom. The fraction of sp³-hybridized carbons (Fsp3) is 0.560. The van der Waals surface area contributed by atoms with Crippen LogP contribution >= 0.6 is 0 Å². The highest BCUT2D eigenvalue weighted by molar-refractivity contribution is 5.54. The zero-order chi connectivity index (χ0) is 23.3. The largest absolute Gasteiger partial charge is 0.351 e.